The third kappa shape index (κ3) is 3.18. The molecule has 0 amide bonds. The second-order valence-electron chi connectivity index (χ2n) is 3.83. The number of alkyl halides is 3. The largest absolute Gasteiger partial charge is 0.534 e. The predicted molar refractivity (Wildman–Crippen MR) is 59.7 cm³/mol. The fraction of sp³-hybridized carbons (Fsp3) is 0.600. The molecule has 0 aliphatic carbocycles. The average Bonchev–Trinajstić information content (AvgIpc) is 2.56. The maximum atomic E-state index is 12.2. The molecule has 0 radical (unpaired) electrons. The highest BCUT2D eigenvalue weighted by atomic mass is 32.2. The molecule has 0 atom stereocenters. The second kappa shape index (κ2) is 5.21. The monoisotopic (exact) mass is 285 g/mol. The molecule has 8 heteroatoms. The Bertz CT molecular complexity index is 505. The van der Waals surface area contributed by atoms with E-state index in [9.17, 15) is 21.6 Å². The average molecular weight is 285 g/mol. The Morgan fingerprint density at radius 2 is 2.00 bits per heavy atom. The van der Waals surface area contributed by atoms with Gasteiger partial charge in [-0.15, -0.1) is 0 Å². The lowest BCUT2D eigenvalue weighted by atomic mass is 10.3. The molecule has 0 unspecified atom stereocenters. The maximum absolute atomic E-state index is 12.2. The SMILES string of the molecule is CCCCn1ccc(C)c1OS(=O)(=O)C(F)(F)F. The van der Waals surface area contributed by atoms with Gasteiger partial charge in [0.05, 0.1) is 0 Å². The van der Waals surface area contributed by atoms with Crippen molar-refractivity contribution in [2.75, 3.05) is 0 Å². The summed E-state index contributed by atoms with van der Waals surface area (Å²) in [5.41, 5.74) is -5.07. The molecule has 0 aromatic carbocycles. The number of hydrogen-bond donors (Lipinski definition) is 0. The summed E-state index contributed by atoms with van der Waals surface area (Å²) in [6.07, 6.45) is 3.06. The Labute approximate surface area is 103 Å². The van der Waals surface area contributed by atoms with Crippen LogP contribution in [0.1, 0.15) is 25.3 Å². The molecular formula is C10H14F3NO3S. The molecule has 1 aromatic rings. The number of halogens is 3. The lowest BCUT2D eigenvalue weighted by Crippen LogP contribution is -2.29. The Hall–Kier alpha value is -1.18. The Balaban J connectivity index is 3.01. The van der Waals surface area contributed by atoms with Gasteiger partial charge in [-0.1, -0.05) is 13.3 Å². The van der Waals surface area contributed by atoms with Crippen LogP contribution in [0.2, 0.25) is 0 Å². The molecule has 4 nitrogen and oxygen atoms in total. The van der Waals surface area contributed by atoms with Crippen LogP contribution in [0.4, 0.5) is 13.2 Å². The van der Waals surface area contributed by atoms with Crippen LogP contribution in [0.15, 0.2) is 12.3 Å². The molecule has 1 heterocycles. The minimum Gasteiger partial charge on any atom is -0.357 e. The van der Waals surface area contributed by atoms with E-state index in [1.54, 1.807) is 0 Å². The van der Waals surface area contributed by atoms with Gasteiger partial charge in [-0.2, -0.15) is 21.6 Å². The Morgan fingerprint density at radius 1 is 1.39 bits per heavy atom. The quantitative estimate of drug-likeness (QED) is 0.617. The van der Waals surface area contributed by atoms with Gasteiger partial charge in [0.25, 0.3) is 0 Å². The zero-order valence-electron chi connectivity index (χ0n) is 9.99. The van der Waals surface area contributed by atoms with Gasteiger partial charge in [0.2, 0.25) is 5.88 Å². The summed E-state index contributed by atoms with van der Waals surface area (Å²) >= 11 is 0. The first-order valence-electron chi connectivity index (χ1n) is 5.35. The van der Waals surface area contributed by atoms with E-state index in [-0.39, 0.29) is 5.88 Å². The zero-order chi connectivity index (χ0) is 14.0. The summed E-state index contributed by atoms with van der Waals surface area (Å²) in [5.74, 6) is -0.277. The van der Waals surface area contributed by atoms with Crippen LogP contribution in [0.5, 0.6) is 5.88 Å². The number of aryl methyl sites for hydroxylation is 2. The van der Waals surface area contributed by atoms with Crippen molar-refractivity contribution in [3.05, 3.63) is 17.8 Å². The van der Waals surface area contributed by atoms with Crippen molar-refractivity contribution >= 4 is 10.1 Å². The van der Waals surface area contributed by atoms with E-state index in [4.69, 9.17) is 0 Å². The van der Waals surface area contributed by atoms with E-state index < -0.39 is 15.6 Å². The molecule has 0 saturated carbocycles. The van der Waals surface area contributed by atoms with E-state index in [2.05, 4.69) is 4.18 Å². The normalized spacial score (nSPS) is 12.7. The van der Waals surface area contributed by atoms with Gasteiger partial charge in [0.1, 0.15) is 0 Å². The zero-order valence-corrected chi connectivity index (χ0v) is 10.8. The van der Waals surface area contributed by atoms with Crippen LogP contribution in [-0.4, -0.2) is 18.5 Å². The van der Waals surface area contributed by atoms with Crippen molar-refractivity contribution in [3.8, 4) is 5.88 Å². The van der Waals surface area contributed by atoms with Gasteiger partial charge in [-0.25, -0.2) is 0 Å². The molecule has 0 saturated heterocycles. The summed E-state index contributed by atoms with van der Waals surface area (Å²) in [5, 5.41) is 0. The van der Waals surface area contributed by atoms with Gasteiger partial charge in [-0.3, -0.25) is 0 Å². The second-order valence-corrected chi connectivity index (χ2v) is 5.37. The van der Waals surface area contributed by atoms with Crippen LogP contribution >= 0.6 is 0 Å². The maximum Gasteiger partial charge on any atom is 0.534 e. The van der Waals surface area contributed by atoms with Gasteiger partial charge < -0.3 is 8.75 Å². The van der Waals surface area contributed by atoms with Crippen LogP contribution in [0, 0.1) is 6.92 Å². The lowest BCUT2D eigenvalue weighted by Gasteiger charge is -2.12. The van der Waals surface area contributed by atoms with Crippen molar-refractivity contribution < 1.29 is 25.8 Å². The number of nitrogens with zero attached hydrogens (tertiary/aromatic N) is 1. The van der Waals surface area contributed by atoms with Crippen LogP contribution in [0.25, 0.3) is 0 Å². The van der Waals surface area contributed by atoms with E-state index in [1.165, 1.54) is 23.8 Å². The van der Waals surface area contributed by atoms with Crippen molar-refractivity contribution in [2.45, 2.75) is 38.7 Å². The fourth-order valence-electron chi connectivity index (χ4n) is 1.34. The highest BCUT2D eigenvalue weighted by molar-refractivity contribution is 7.87. The predicted octanol–water partition coefficient (Wildman–Crippen LogP) is 2.83. The van der Waals surface area contributed by atoms with E-state index in [0.29, 0.717) is 12.1 Å². The van der Waals surface area contributed by atoms with E-state index >= 15 is 0 Å². The highest BCUT2D eigenvalue weighted by Gasteiger charge is 2.49. The Kier molecular flexibility index (Phi) is 4.31. The van der Waals surface area contributed by atoms with Gasteiger partial charge in [0.15, 0.2) is 0 Å². The van der Waals surface area contributed by atoms with Crippen LogP contribution in [-0.2, 0) is 16.7 Å². The standard InChI is InChI=1S/C10H14F3NO3S/c1-3-4-6-14-7-5-8(2)9(14)17-18(15,16)10(11,12)13/h5,7H,3-4,6H2,1-2H3. The molecule has 0 N–H and O–H groups in total. The summed E-state index contributed by atoms with van der Waals surface area (Å²) in [7, 11) is -5.61. The highest BCUT2D eigenvalue weighted by Crippen LogP contribution is 2.29. The fourth-order valence-corrected chi connectivity index (χ4v) is 1.87. The summed E-state index contributed by atoms with van der Waals surface area (Å²) in [6, 6.07) is 1.51. The van der Waals surface area contributed by atoms with Crippen molar-refractivity contribution in [1.82, 2.24) is 4.57 Å². The summed E-state index contributed by atoms with van der Waals surface area (Å²) in [4.78, 5) is 0. The lowest BCUT2D eigenvalue weighted by molar-refractivity contribution is -0.0502. The first-order valence-corrected chi connectivity index (χ1v) is 6.76. The number of hydrogen-bond acceptors (Lipinski definition) is 3. The molecule has 1 rings (SSSR count). The molecule has 104 valence electrons. The van der Waals surface area contributed by atoms with Gasteiger partial charge in [0, 0.05) is 18.3 Å². The van der Waals surface area contributed by atoms with Crippen molar-refractivity contribution in [1.29, 1.82) is 0 Å². The molecular weight excluding hydrogens is 271 g/mol. The van der Waals surface area contributed by atoms with Gasteiger partial charge >= 0.3 is 15.6 Å². The van der Waals surface area contributed by atoms with E-state index in [1.807, 2.05) is 6.92 Å². The molecule has 0 bridgehead atoms. The molecule has 18 heavy (non-hydrogen) atoms. The first kappa shape index (κ1) is 14.9. The summed E-state index contributed by atoms with van der Waals surface area (Å²) < 4.78 is 64.1. The van der Waals surface area contributed by atoms with Crippen molar-refractivity contribution in [2.24, 2.45) is 0 Å². The van der Waals surface area contributed by atoms with Crippen LogP contribution < -0.4 is 4.18 Å². The molecule has 0 aliphatic rings. The molecule has 0 fully saturated rings. The van der Waals surface area contributed by atoms with Crippen LogP contribution in [0.3, 0.4) is 0 Å². The van der Waals surface area contributed by atoms with Gasteiger partial charge in [-0.05, 0) is 19.4 Å². The number of rotatable bonds is 5. The third-order valence-corrected chi connectivity index (χ3v) is 3.27. The smallest absolute Gasteiger partial charge is 0.357 e. The third-order valence-electron chi connectivity index (χ3n) is 2.33. The minimum atomic E-state index is -5.61. The number of unbranched alkanes of at least 4 members (excludes halogenated alkanes) is 1. The van der Waals surface area contributed by atoms with E-state index in [0.717, 1.165) is 12.8 Å². The minimum absolute atomic E-state index is 0.277. The number of aromatic nitrogens is 1. The molecule has 0 aliphatic heterocycles. The summed E-state index contributed by atoms with van der Waals surface area (Å²) in [6.45, 7) is 3.82. The van der Waals surface area contributed by atoms with Crippen molar-refractivity contribution in [3.63, 3.8) is 0 Å². The topological polar surface area (TPSA) is 48.3 Å². The molecule has 1 aromatic heterocycles. The first-order chi connectivity index (χ1) is 8.19. The Morgan fingerprint density at radius 3 is 2.50 bits per heavy atom. The molecule has 0 spiro atoms.